The van der Waals surface area contributed by atoms with Gasteiger partial charge in [-0.2, -0.15) is 5.10 Å². The Morgan fingerprint density at radius 1 is 1.16 bits per heavy atom. The van der Waals surface area contributed by atoms with Gasteiger partial charge in [-0.05, 0) is 11.6 Å². The first-order valence-electron chi connectivity index (χ1n) is 6.04. The van der Waals surface area contributed by atoms with E-state index >= 15 is 0 Å². The fourth-order valence-electron chi connectivity index (χ4n) is 2.12. The van der Waals surface area contributed by atoms with Crippen molar-refractivity contribution in [2.24, 2.45) is 0 Å². The summed E-state index contributed by atoms with van der Waals surface area (Å²) in [6.07, 6.45) is 0. The molecule has 0 unspecified atom stereocenters. The molecule has 1 aromatic carbocycles. The first kappa shape index (κ1) is 11.5. The van der Waals surface area contributed by atoms with Gasteiger partial charge in [-0.25, -0.2) is 4.98 Å². The maximum absolute atomic E-state index is 5.94. The standard InChI is InChI=1S/C14H15N5/c1-19(2)11-8-10(9-6-4-3-5-7-9)12-13(15)17-18-14(12)16-11/h3-8H,1-2H3,(H3,15,16,17,18). The second-order valence-corrected chi connectivity index (χ2v) is 4.62. The number of nitrogen functional groups attached to an aromatic ring is 1. The quantitative estimate of drug-likeness (QED) is 0.735. The molecule has 3 N–H and O–H groups in total. The van der Waals surface area contributed by atoms with Crippen LogP contribution in [0.25, 0.3) is 22.2 Å². The first-order valence-corrected chi connectivity index (χ1v) is 6.04. The van der Waals surface area contributed by atoms with E-state index in [-0.39, 0.29) is 0 Å². The van der Waals surface area contributed by atoms with Crippen molar-refractivity contribution >= 4 is 22.7 Å². The SMILES string of the molecule is CN(C)c1cc(-c2ccccc2)c2c(N)n[nH]c2n1. The molecule has 3 rings (SSSR count). The minimum atomic E-state index is 0.478. The van der Waals surface area contributed by atoms with Crippen LogP contribution >= 0.6 is 0 Å². The molecular formula is C14H15N5. The number of nitrogens with one attached hydrogen (secondary N) is 1. The number of hydrogen-bond donors (Lipinski definition) is 2. The lowest BCUT2D eigenvalue weighted by molar-refractivity contribution is 1.06. The summed E-state index contributed by atoms with van der Waals surface area (Å²) in [5.74, 6) is 1.35. The van der Waals surface area contributed by atoms with E-state index in [1.54, 1.807) is 0 Å². The highest BCUT2D eigenvalue weighted by molar-refractivity contribution is 6.01. The van der Waals surface area contributed by atoms with Crippen molar-refractivity contribution in [3.8, 4) is 11.1 Å². The number of pyridine rings is 1. The third-order valence-corrected chi connectivity index (χ3v) is 3.09. The predicted molar refractivity (Wildman–Crippen MR) is 78.1 cm³/mol. The van der Waals surface area contributed by atoms with Gasteiger partial charge in [0.15, 0.2) is 11.5 Å². The number of anilines is 2. The lowest BCUT2D eigenvalue weighted by Crippen LogP contribution is -2.10. The number of nitrogens with two attached hydrogens (primary N) is 1. The van der Waals surface area contributed by atoms with Crippen molar-refractivity contribution in [1.82, 2.24) is 15.2 Å². The second-order valence-electron chi connectivity index (χ2n) is 4.62. The van der Waals surface area contributed by atoms with Gasteiger partial charge in [0, 0.05) is 19.7 Å². The van der Waals surface area contributed by atoms with E-state index in [9.17, 15) is 0 Å². The number of aromatic nitrogens is 3. The average molecular weight is 253 g/mol. The van der Waals surface area contributed by atoms with Gasteiger partial charge in [0.05, 0.1) is 5.39 Å². The molecule has 0 spiro atoms. The third kappa shape index (κ3) is 1.89. The molecule has 0 atom stereocenters. The zero-order chi connectivity index (χ0) is 13.4. The lowest BCUT2D eigenvalue weighted by Gasteiger charge is -2.13. The molecule has 5 heteroatoms. The Hall–Kier alpha value is -2.56. The Morgan fingerprint density at radius 2 is 1.89 bits per heavy atom. The fraction of sp³-hybridized carbons (Fsp3) is 0.143. The summed E-state index contributed by atoms with van der Waals surface area (Å²) in [6, 6.07) is 12.2. The smallest absolute Gasteiger partial charge is 0.160 e. The molecule has 0 fully saturated rings. The first-order chi connectivity index (χ1) is 9.16. The van der Waals surface area contributed by atoms with Crippen LogP contribution in [-0.2, 0) is 0 Å². The minimum absolute atomic E-state index is 0.478. The summed E-state index contributed by atoms with van der Waals surface area (Å²) in [5.41, 5.74) is 8.80. The molecule has 2 aromatic heterocycles. The Morgan fingerprint density at radius 3 is 2.58 bits per heavy atom. The summed E-state index contributed by atoms with van der Waals surface area (Å²) in [4.78, 5) is 6.47. The van der Waals surface area contributed by atoms with Crippen molar-refractivity contribution < 1.29 is 0 Å². The van der Waals surface area contributed by atoms with Crippen molar-refractivity contribution in [3.05, 3.63) is 36.4 Å². The largest absolute Gasteiger partial charge is 0.382 e. The number of aromatic amines is 1. The normalized spacial score (nSPS) is 10.8. The molecule has 0 saturated heterocycles. The molecule has 0 aliphatic carbocycles. The van der Waals surface area contributed by atoms with Crippen molar-refractivity contribution in [1.29, 1.82) is 0 Å². The number of fused-ring (bicyclic) bond motifs is 1. The van der Waals surface area contributed by atoms with Crippen molar-refractivity contribution in [2.45, 2.75) is 0 Å². The van der Waals surface area contributed by atoms with Gasteiger partial charge in [0.2, 0.25) is 0 Å². The van der Waals surface area contributed by atoms with Gasteiger partial charge in [-0.3, -0.25) is 5.10 Å². The molecule has 0 radical (unpaired) electrons. The van der Waals surface area contributed by atoms with Crippen LogP contribution < -0.4 is 10.6 Å². The summed E-state index contributed by atoms with van der Waals surface area (Å²) < 4.78 is 0. The number of rotatable bonds is 2. The fourth-order valence-corrected chi connectivity index (χ4v) is 2.12. The molecule has 0 amide bonds. The molecule has 0 aliphatic heterocycles. The van der Waals surface area contributed by atoms with E-state index in [0.29, 0.717) is 11.5 Å². The summed E-state index contributed by atoms with van der Waals surface area (Å²) >= 11 is 0. The zero-order valence-electron chi connectivity index (χ0n) is 10.9. The van der Waals surface area contributed by atoms with E-state index in [0.717, 1.165) is 22.3 Å². The van der Waals surface area contributed by atoms with Crippen LogP contribution in [0.4, 0.5) is 11.6 Å². The molecule has 0 saturated carbocycles. The van der Waals surface area contributed by atoms with Crippen LogP contribution in [-0.4, -0.2) is 29.3 Å². The topological polar surface area (TPSA) is 70.8 Å². The van der Waals surface area contributed by atoms with Gasteiger partial charge >= 0.3 is 0 Å². The summed E-state index contributed by atoms with van der Waals surface area (Å²) in [5, 5.41) is 7.81. The van der Waals surface area contributed by atoms with Gasteiger partial charge in [-0.1, -0.05) is 30.3 Å². The molecule has 5 nitrogen and oxygen atoms in total. The van der Waals surface area contributed by atoms with E-state index in [1.165, 1.54) is 0 Å². The average Bonchev–Trinajstić information content (AvgIpc) is 2.80. The maximum atomic E-state index is 5.94. The molecule has 0 aliphatic rings. The number of nitrogens with zero attached hydrogens (tertiary/aromatic N) is 3. The van der Waals surface area contributed by atoms with Crippen molar-refractivity contribution in [2.75, 3.05) is 24.7 Å². The highest BCUT2D eigenvalue weighted by Gasteiger charge is 2.13. The number of hydrogen-bond acceptors (Lipinski definition) is 4. The van der Waals surface area contributed by atoms with Gasteiger partial charge < -0.3 is 10.6 Å². The van der Waals surface area contributed by atoms with Crippen LogP contribution in [0.2, 0.25) is 0 Å². The van der Waals surface area contributed by atoms with E-state index in [4.69, 9.17) is 5.73 Å². The lowest BCUT2D eigenvalue weighted by atomic mass is 10.0. The molecule has 3 aromatic rings. The predicted octanol–water partition coefficient (Wildman–Crippen LogP) is 2.27. The molecule has 2 heterocycles. The van der Waals surface area contributed by atoms with Crippen LogP contribution in [0.3, 0.4) is 0 Å². The summed E-state index contributed by atoms with van der Waals surface area (Å²) in [7, 11) is 3.92. The monoisotopic (exact) mass is 253 g/mol. The minimum Gasteiger partial charge on any atom is -0.382 e. The highest BCUT2D eigenvalue weighted by atomic mass is 15.2. The number of H-pyrrole nitrogens is 1. The zero-order valence-corrected chi connectivity index (χ0v) is 10.9. The van der Waals surface area contributed by atoms with E-state index < -0.39 is 0 Å². The van der Waals surface area contributed by atoms with Crippen LogP contribution in [0, 0.1) is 0 Å². The Balaban J connectivity index is 2.35. The molecular weight excluding hydrogens is 238 g/mol. The Kier molecular flexibility index (Phi) is 2.59. The molecule has 19 heavy (non-hydrogen) atoms. The van der Waals surface area contributed by atoms with Crippen LogP contribution in [0.5, 0.6) is 0 Å². The third-order valence-electron chi connectivity index (χ3n) is 3.09. The van der Waals surface area contributed by atoms with Gasteiger partial charge in [-0.15, -0.1) is 0 Å². The highest BCUT2D eigenvalue weighted by Crippen LogP contribution is 2.32. The molecule has 0 bridgehead atoms. The van der Waals surface area contributed by atoms with E-state index in [2.05, 4.69) is 27.3 Å². The van der Waals surface area contributed by atoms with Crippen LogP contribution in [0.1, 0.15) is 0 Å². The number of benzene rings is 1. The van der Waals surface area contributed by atoms with Crippen LogP contribution in [0.15, 0.2) is 36.4 Å². The second kappa shape index (κ2) is 4.28. The maximum Gasteiger partial charge on any atom is 0.160 e. The van der Waals surface area contributed by atoms with Crippen molar-refractivity contribution in [3.63, 3.8) is 0 Å². The Labute approximate surface area is 111 Å². The van der Waals surface area contributed by atoms with E-state index in [1.807, 2.05) is 43.3 Å². The van der Waals surface area contributed by atoms with Gasteiger partial charge in [0.25, 0.3) is 0 Å². The summed E-state index contributed by atoms with van der Waals surface area (Å²) in [6.45, 7) is 0. The molecule has 96 valence electrons. The Bertz CT molecular complexity index is 715. The van der Waals surface area contributed by atoms with Gasteiger partial charge in [0.1, 0.15) is 5.82 Å².